The molecule has 0 saturated heterocycles. The van der Waals surface area contributed by atoms with E-state index in [9.17, 15) is 13.2 Å². The van der Waals surface area contributed by atoms with Crippen molar-refractivity contribution in [3.8, 4) is 0 Å². The van der Waals surface area contributed by atoms with Crippen molar-refractivity contribution in [2.24, 2.45) is 29.4 Å². The standard InChI is InChI=1S/C13H22F3N3/c1-19(7-11(12(17)18)13(14,15)16)6-10-5-8-2-3-9(10)4-8/h8-11H,2-7H2,1H3,(H3,17,18). The summed E-state index contributed by atoms with van der Waals surface area (Å²) in [5.41, 5.74) is 5.08. The molecule has 0 aromatic heterocycles. The molecule has 2 bridgehead atoms. The van der Waals surface area contributed by atoms with Crippen LogP contribution in [0.1, 0.15) is 25.7 Å². The number of hydrogen-bond donors (Lipinski definition) is 2. The van der Waals surface area contributed by atoms with Gasteiger partial charge >= 0.3 is 6.18 Å². The van der Waals surface area contributed by atoms with Gasteiger partial charge in [-0.25, -0.2) is 0 Å². The van der Waals surface area contributed by atoms with Crippen molar-refractivity contribution in [2.45, 2.75) is 31.9 Å². The fourth-order valence-electron chi connectivity index (χ4n) is 3.76. The van der Waals surface area contributed by atoms with E-state index in [1.165, 1.54) is 19.3 Å². The quantitative estimate of drug-likeness (QED) is 0.599. The first-order valence-corrected chi connectivity index (χ1v) is 6.86. The van der Waals surface area contributed by atoms with Gasteiger partial charge in [0, 0.05) is 13.1 Å². The first-order chi connectivity index (χ1) is 8.77. The predicted molar refractivity (Wildman–Crippen MR) is 67.9 cm³/mol. The van der Waals surface area contributed by atoms with Gasteiger partial charge in [0.2, 0.25) is 0 Å². The van der Waals surface area contributed by atoms with Gasteiger partial charge in [-0.15, -0.1) is 0 Å². The van der Waals surface area contributed by atoms with Gasteiger partial charge in [0.15, 0.2) is 0 Å². The molecule has 4 atom stereocenters. The largest absolute Gasteiger partial charge is 0.399 e. The van der Waals surface area contributed by atoms with E-state index in [0.717, 1.165) is 12.3 Å². The molecule has 110 valence electrons. The maximum Gasteiger partial charge on any atom is 0.399 e. The predicted octanol–water partition coefficient (Wildman–Crippen LogP) is 2.47. The van der Waals surface area contributed by atoms with Gasteiger partial charge in [0.25, 0.3) is 0 Å². The second-order valence-electron chi connectivity index (χ2n) is 6.21. The molecular weight excluding hydrogens is 255 g/mol. The molecule has 6 heteroatoms. The van der Waals surface area contributed by atoms with E-state index >= 15 is 0 Å². The van der Waals surface area contributed by atoms with Crippen LogP contribution < -0.4 is 5.73 Å². The van der Waals surface area contributed by atoms with Crippen LogP contribution in [0.25, 0.3) is 0 Å². The van der Waals surface area contributed by atoms with Crippen LogP contribution >= 0.6 is 0 Å². The molecule has 2 aliphatic rings. The summed E-state index contributed by atoms with van der Waals surface area (Å²) < 4.78 is 38.2. The number of nitrogens with one attached hydrogen (secondary N) is 1. The van der Waals surface area contributed by atoms with Crippen LogP contribution in [0.2, 0.25) is 0 Å². The molecule has 2 aliphatic carbocycles. The molecule has 2 fully saturated rings. The number of nitrogens with two attached hydrogens (primary N) is 1. The molecule has 0 radical (unpaired) electrons. The third-order valence-electron chi connectivity index (χ3n) is 4.70. The minimum absolute atomic E-state index is 0.202. The van der Waals surface area contributed by atoms with E-state index in [4.69, 9.17) is 11.1 Å². The highest BCUT2D eigenvalue weighted by Gasteiger charge is 2.44. The molecule has 0 aromatic carbocycles. The number of alkyl halides is 3. The Morgan fingerprint density at radius 1 is 1.37 bits per heavy atom. The Labute approximate surface area is 111 Å². The molecule has 0 heterocycles. The Kier molecular flexibility index (Phi) is 4.08. The van der Waals surface area contributed by atoms with Crippen molar-refractivity contribution in [1.29, 1.82) is 5.41 Å². The fourth-order valence-corrected chi connectivity index (χ4v) is 3.76. The molecular formula is C13H22F3N3. The number of nitrogens with zero attached hydrogens (tertiary/aromatic N) is 1. The lowest BCUT2D eigenvalue weighted by molar-refractivity contribution is -0.159. The van der Waals surface area contributed by atoms with Crippen molar-refractivity contribution in [3.63, 3.8) is 0 Å². The summed E-state index contributed by atoms with van der Waals surface area (Å²) in [4.78, 5) is 1.70. The van der Waals surface area contributed by atoms with E-state index in [-0.39, 0.29) is 6.54 Å². The van der Waals surface area contributed by atoms with E-state index in [0.29, 0.717) is 18.4 Å². The Hall–Kier alpha value is -0.780. The topological polar surface area (TPSA) is 53.1 Å². The highest BCUT2D eigenvalue weighted by Crippen LogP contribution is 2.48. The molecule has 19 heavy (non-hydrogen) atoms. The first kappa shape index (κ1) is 14.6. The molecule has 4 unspecified atom stereocenters. The summed E-state index contributed by atoms with van der Waals surface area (Å²) in [6.45, 7) is 0.494. The Bertz CT molecular complexity index is 343. The highest BCUT2D eigenvalue weighted by molar-refractivity contribution is 5.80. The summed E-state index contributed by atoms with van der Waals surface area (Å²) in [7, 11) is 1.70. The van der Waals surface area contributed by atoms with Gasteiger partial charge in [0.1, 0.15) is 11.8 Å². The van der Waals surface area contributed by atoms with Gasteiger partial charge in [0.05, 0.1) is 0 Å². The molecule has 0 spiro atoms. The molecule has 0 aliphatic heterocycles. The van der Waals surface area contributed by atoms with Crippen molar-refractivity contribution in [1.82, 2.24) is 4.90 Å². The zero-order valence-electron chi connectivity index (χ0n) is 11.2. The van der Waals surface area contributed by atoms with Crippen LogP contribution in [0.15, 0.2) is 0 Å². The molecule has 0 aromatic rings. The summed E-state index contributed by atoms with van der Waals surface area (Å²) in [5, 5.41) is 7.10. The Balaban J connectivity index is 1.86. The van der Waals surface area contributed by atoms with Crippen LogP contribution in [-0.2, 0) is 0 Å². The van der Waals surface area contributed by atoms with E-state index < -0.39 is 17.9 Å². The molecule has 0 amide bonds. The van der Waals surface area contributed by atoms with Gasteiger partial charge in [-0.3, -0.25) is 5.41 Å². The maximum atomic E-state index is 12.7. The number of rotatable bonds is 5. The summed E-state index contributed by atoms with van der Waals surface area (Å²) >= 11 is 0. The van der Waals surface area contributed by atoms with Crippen LogP contribution in [0, 0.1) is 29.1 Å². The smallest absolute Gasteiger partial charge is 0.387 e. The summed E-state index contributed by atoms with van der Waals surface area (Å²) in [6, 6.07) is 0. The number of hydrogen-bond acceptors (Lipinski definition) is 2. The van der Waals surface area contributed by atoms with Crippen molar-refractivity contribution < 1.29 is 13.2 Å². The number of halogens is 3. The van der Waals surface area contributed by atoms with Crippen LogP contribution in [-0.4, -0.2) is 37.0 Å². The van der Waals surface area contributed by atoms with Crippen molar-refractivity contribution >= 4 is 5.84 Å². The second-order valence-corrected chi connectivity index (χ2v) is 6.21. The minimum atomic E-state index is -4.42. The van der Waals surface area contributed by atoms with E-state index in [1.807, 2.05) is 0 Å². The molecule has 2 rings (SSSR count). The third-order valence-corrected chi connectivity index (χ3v) is 4.70. The van der Waals surface area contributed by atoms with Gasteiger partial charge < -0.3 is 10.6 Å². The minimum Gasteiger partial charge on any atom is -0.387 e. The number of amidine groups is 1. The van der Waals surface area contributed by atoms with Crippen molar-refractivity contribution in [3.05, 3.63) is 0 Å². The van der Waals surface area contributed by atoms with E-state index in [1.54, 1.807) is 11.9 Å². The van der Waals surface area contributed by atoms with Crippen molar-refractivity contribution in [2.75, 3.05) is 20.1 Å². The van der Waals surface area contributed by atoms with Gasteiger partial charge in [-0.2, -0.15) is 13.2 Å². The zero-order chi connectivity index (χ0) is 14.2. The lowest BCUT2D eigenvalue weighted by Gasteiger charge is -2.30. The van der Waals surface area contributed by atoms with Gasteiger partial charge in [-0.1, -0.05) is 6.42 Å². The summed E-state index contributed by atoms with van der Waals surface area (Å²) in [5.74, 6) is -0.586. The third kappa shape index (κ3) is 3.41. The fraction of sp³-hybridized carbons (Fsp3) is 0.923. The maximum absolute atomic E-state index is 12.7. The SMILES string of the molecule is CN(CC1CC2CCC1C2)CC(C(=N)N)C(F)(F)F. The molecule has 3 nitrogen and oxygen atoms in total. The number of fused-ring (bicyclic) bond motifs is 2. The lowest BCUT2D eigenvalue weighted by atomic mass is 9.88. The summed E-state index contributed by atoms with van der Waals surface area (Å²) in [6.07, 6.45) is 0.524. The zero-order valence-corrected chi connectivity index (χ0v) is 11.2. The lowest BCUT2D eigenvalue weighted by Crippen LogP contribution is -2.44. The normalized spacial score (nSPS) is 31.9. The van der Waals surface area contributed by atoms with E-state index in [2.05, 4.69) is 0 Å². The first-order valence-electron chi connectivity index (χ1n) is 6.86. The highest BCUT2D eigenvalue weighted by atomic mass is 19.4. The molecule has 3 N–H and O–H groups in total. The Morgan fingerprint density at radius 2 is 2.05 bits per heavy atom. The van der Waals surface area contributed by atoms with Crippen LogP contribution in [0.5, 0.6) is 0 Å². The van der Waals surface area contributed by atoms with Crippen LogP contribution in [0.3, 0.4) is 0 Å². The second kappa shape index (κ2) is 5.31. The van der Waals surface area contributed by atoms with Crippen LogP contribution in [0.4, 0.5) is 13.2 Å². The molecule has 2 saturated carbocycles. The monoisotopic (exact) mass is 277 g/mol. The van der Waals surface area contributed by atoms with Gasteiger partial charge in [-0.05, 0) is 44.1 Å². The average Bonchev–Trinajstić information content (AvgIpc) is 2.85. The average molecular weight is 277 g/mol. The Morgan fingerprint density at radius 3 is 2.47 bits per heavy atom.